The van der Waals surface area contributed by atoms with Crippen molar-refractivity contribution in [3.63, 3.8) is 0 Å². The maximum absolute atomic E-state index is 12.8. The van der Waals surface area contributed by atoms with Gasteiger partial charge in [0.25, 0.3) is 11.8 Å². The standard InChI is InChI=1S/C12H10FNO4/c13-6-7(5-10(15)16)14-11(17)8-3-1-2-4-9(8)12(14)18/h1-4,7H,5-6H2,(H,15,16)/t7-/m1/s1. The van der Waals surface area contributed by atoms with Crippen molar-refractivity contribution in [3.05, 3.63) is 35.4 Å². The fraction of sp³-hybridized carbons (Fsp3) is 0.250. The average molecular weight is 251 g/mol. The Bertz CT molecular complexity index is 494. The number of hydrogen-bond acceptors (Lipinski definition) is 3. The van der Waals surface area contributed by atoms with E-state index in [1.54, 1.807) is 12.1 Å². The second kappa shape index (κ2) is 4.56. The normalized spacial score (nSPS) is 15.7. The number of alkyl halides is 1. The van der Waals surface area contributed by atoms with E-state index in [2.05, 4.69) is 0 Å². The van der Waals surface area contributed by atoms with Crippen LogP contribution in [0.2, 0.25) is 0 Å². The van der Waals surface area contributed by atoms with E-state index in [4.69, 9.17) is 5.11 Å². The summed E-state index contributed by atoms with van der Waals surface area (Å²) in [5.74, 6) is -2.53. The molecule has 6 heteroatoms. The van der Waals surface area contributed by atoms with Crippen molar-refractivity contribution in [1.82, 2.24) is 4.90 Å². The largest absolute Gasteiger partial charge is 0.481 e. The van der Waals surface area contributed by atoms with Crippen LogP contribution in [0.4, 0.5) is 4.39 Å². The highest BCUT2D eigenvalue weighted by Gasteiger charge is 2.40. The zero-order valence-electron chi connectivity index (χ0n) is 9.30. The van der Waals surface area contributed by atoms with Gasteiger partial charge in [-0.05, 0) is 12.1 Å². The number of aliphatic carboxylic acids is 1. The van der Waals surface area contributed by atoms with E-state index in [0.29, 0.717) is 4.90 Å². The third-order valence-corrected chi connectivity index (χ3v) is 2.78. The molecule has 1 aromatic carbocycles. The lowest BCUT2D eigenvalue weighted by atomic mass is 10.1. The fourth-order valence-corrected chi connectivity index (χ4v) is 1.96. The van der Waals surface area contributed by atoms with Gasteiger partial charge in [0.2, 0.25) is 0 Å². The van der Waals surface area contributed by atoms with Gasteiger partial charge in [-0.3, -0.25) is 19.3 Å². The first-order chi connectivity index (χ1) is 8.56. The molecular formula is C12H10FNO4. The number of rotatable bonds is 4. The first-order valence-electron chi connectivity index (χ1n) is 5.31. The van der Waals surface area contributed by atoms with Gasteiger partial charge in [0.05, 0.1) is 23.6 Å². The van der Waals surface area contributed by atoms with Gasteiger partial charge in [-0.15, -0.1) is 0 Å². The third-order valence-electron chi connectivity index (χ3n) is 2.78. The molecule has 1 atom stereocenters. The summed E-state index contributed by atoms with van der Waals surface area (Å²) in [6.07, 6.45) is -0.595. The molecule has 2 amide bonds. The van der Waals surface area contributed by atoms with Crippen LogP contribution in [0.25, 0.3) is 0 Å². The molecule has 0 unspecified atom stereocenters. The Morgan fingerprint density at radius 2 is 1.72 bits per heavy atom. The van der Waals surface area contributed by atoms with Crippen LogP contribution in [-0.4, -0.2) is 40.5 Å². The van der Waals surface area contributed by atoms with E-state index >= 15 is 0 Å². The summed E-state index contributed by atoms with van der Waals surface area (Å²) in [6, 6.07) is 4.86. The summed E-state index contributed by atoms with van der Waals surface area (Å²) in [5.41, 5.74) is 0.373. The molecule has 94 valence electrons. The summed E-state index contributed by atoms with van der Waals surface area (Å²) in [4.78, 5) is 35.2. The zero-order valence-corrected chi connectivity index (χ0v) is 9.30. The van der Waals surface area contributed by atoms with Crippen LogP contribution in [0.15, 0.2) is 24.3 Å². The maximum atomic E-state index is 12.8. The van der Waals surface area contributed by atoms with Gasteiger partial charge >= 0.3 is 5.97 Å². The summed E-state index contributed by atoms with van der Waals surface area (Å²) < 4.78 is 12.8. The molecule has 1 heterocycles. The molecule has 2 rings (SSSR count). The highest BCUT2D eigenvalue weighted by Crippen LogP contribution is 2.25. The Labute approximate surface area is 102 Å². The van der Waals surface area contributed by atoms with Gasteiger partial charge in [0.15, 0.2) is 0 Å². The minimum absolute atomic E-state index is 0.186. The van der Waals surface area contributed by atoms with Crippen LogP contribution in [0.1, 0.15) is 27.1 Å². The molecule has 0 aliphatic carbocycles. The number of imide groups is 1. The quantitative estimate of drug-likeness (QED) is 0.813. The Hall–Kier alpha value is -2.24. The van der Waals surface area contributed by atoms with Gasteiger partial charge < -0.3 is 5.11 Å². The number of carbonyl (C=O) groups is 3. The summed E-state index contributed by atoms with van der Waals surface area (Å²) in [7, 11) is 0. The van der Waals surface area contributed by atoms with Gasteiger partial charge in [0.1, 0.15) is 6.67 Å². The SMILES string of the molecule is O=C(O)C[C@H](CF)N1C(=O)c2ccccc2C1=O. The van der Waals surface area contributed by atoms with Crippen molar-refractivity contribution >= 4 is 17.8 Å². The lowest BCUT2D eigenvalue weighted by molar-refractivity contribution is -0.138. The summed E-state index contributed by atoms with van der Waals surface area (Å²) >= 11 is 0. The molecule has 0 spiro atoms. The topological polar surface area (TPSA) is 74.7 Å². The molecule has 18 heavy (non-hydrogen) atoms. The monoisotopic (exact) mass is 251 g/mol. The Kier molecular flexibility index (Phi) is 3.10. The predicted octanol–water partition coefficient (Wildman–Crippen LogP) is 1.10. The second-order valence-electron chi connectivity index (χ2n) is 3.93. The van der Waals surface area contributed by atoms with Gasteiger partial charge in [-0.1, -0.05) is 12.1 Å². The Morgan fingerprint density at radius 1 is 1.22 bits per heavy atom. The van der Waals surface area contributed by atoms with Gasteiger partial charge in [-0.2, -0.15) is 0 Å². The van der Waals surface area contributed by atoms with Crippen molar-refractivity contribution < 1.29 is 23.9 Å². The lowest BCUT2D eigenvalue weighted by Gasteiger charge is -2.21. The van der Waals surface area contributed by atoms with Crippen LogP contribution in [0.3, 0.4) is 0 Å². The number of halogens is 1. The molecule has 0 saturated carbocycles. The first-order valence-corrected chi connectivity index (χ1v) is 5.31. The molecule has 1 aliphatic heterocycles. The number of carbonyl (C=O) groups excluding carboxylic acids is 2. The maximum Gasteiger partial charge on any atom is 0.305 e. The number of fused-ring (bicyclic) bond motifs is 1. The van der Waals surface area contributed by atoms with Crippen LogP contribution in [0, 0.1) is 0 Å². The highest BCUT2D eigenvalue weighted by molar-refractivity contribution is 6.21. The van der Waals surface area contributed by atoms with E-state index in [1.807, 2.05) is 0 Å². The zero-order chi connectivity index (χ0) is 13.3. The van der Waals surface area contributed by atoms with Crippen molar-refractivity contribution in [2.24, 2.45) is 0 Å². The molecular weight excluding hydrogens is 241 g/mol. The minimum Gasteiger partial charge on any atom is -0.481 e. The Morgan fingerprint density at radius 3 is 2.11 bits per heavy atom. The molecule has 0 aromatic heterocycles. The smallest absolute Gasteiger partial charge is 0.305 e. The molecule has 0 radical (unpaired) electrons. The molecule has 0 fully saturated rings. The highest BCUT2D eigenvalue weighted by atomic mass is 19.1. The van der Waals surface area contributed by atoms with E-state index in [9.17, 15) is 18.8 Å². The summed E-state index contributed by atoms with van der Waals surface area (Å²) in [6.45, 7) is -1.07. The van der Waals surface area contributed by atoms with Gasteiger partial charge in [-0.25, -0.2) is 4.39 Å². The van der Waals surface area contributed by atoms with E-state index < -0.39 is 36.9 Å². The molecule has 5 nitrogen and oxygen atoms in total. The Balaban J connectivity index is 2.35. The van der Waals surface area contributed by atoms with Crippen LogP contribution in [0.5, 0.6) is 0 Å². The second-order valence-corrected chi connectivity index (χ2v) is 3.93. The van der Waals surface area contributed by atoms with Crippen molar-refractivity contribution in [2.75, 3.05) is 6.67 Å². The fourth-order valence-electron chi connectivity index (χ4n) is 1.96. The predicted molar refractivity (Wildman–Crippen MR) is 59.0 cm³/mol. The first kappa shape index (κ1) is 12.2. The van der Waals surface area contributed by atoms with Gasteiger partial charge in [0, 0.05) is 0 Å². The average Bonchev–Trinajstić information content (AvgIpc) is 2.60. The number of amides is 2. The van der Waals surface area contributed by atoms with E-state index in [-0.39, 0.29) is 11.1 Å². The molecule has 0 bridgehead atoms. The van der Waals surface area contributed by atoms with Crippen LogP contribution in [-0.2, 0) is 4.79 Å². The molecule has 1 aromatic rings. The molecule has 1 N–H and O–H groups in total. The van der Waals surface area contributed by atoms with Crippen LogP contribution < -0.4 is 0 Å². The van der Waals surface area contributed by atoms with E-state index in [1.165, 1.54) is 12.1 Å². The van der Waals surface area contributed by atoms with Crippen molar-refractivity contribution in [2.45, 2.75) is 12.5 Å². The van der Waals surface area contributed by atoms with E-state index in [0.717, 1.165) is 0 Å². The summed E-state index contributed by atoms with van der Waals surface area (Å²) in [5, 5.41) is 8.65. The molecule has 1 aliphatic rings. The number of carboxylic acids is 1. The number of hydrogen-bond donors (Lipinski definition) is 1. The number of carboxylic acid groups (broad SMARTS) is 1. The minimum atomic E-state index is -1.26. The van der Waals surface area contributed by atoms with Crippen molar-refractivity contribution in [1.29, 1.82) is 0 Å². The van der Waals surface area contributed by atoms with Crippen LogP contribution >= 0.6 is 0 Å². The number of benzene rings is 1. The lowest BCUT2D eigenvalue weighted by Crippen LogP contribution is -2.42. The third kappa shape index (κ3) is 1.85. The van der Waals surface area contributed by atoms with Crippen molar-refractivity contribution in [3.8, 4) is 0 Å². The number of nitrogens with zero attached hydrogens (tertiary/aromatic N) is 1. The molecule has 0 saturated heterocycles.